The van der Waals surface area contributed by atoms with Crippen molar-refractivity contribution in [2.24, 2.45) is 5.92 Å². The van der Waals surface area contributed by atoms with Gasteiger partial charge in [0.05, 0.1) is 5.92 Å². The van der Waals surface area contributed by atoms with Crippen LogP contribution in [0.3, 0.4) is 0 Å². The Balaban J connectivity index is 1.85. The molecule has 1 fully saturated rings. The van der Waals surface area contributed by atoms with Crippen molar-refractivity contribution >= 4 is 27.7 Å². The van der Waals surface area contributed by atoms with Gasteiger partial charge in [0.2, 0.25) is 11.8 Å². The molecular formula is C14H17BrN2O2. The SMILES string of the molecule is CCN1CC(C(=O)NCc2ccc(Br)cc2)CC1=O. The van der Waals surface area contributed by atoms with E-state index in [2.05, 4.69) is 21.2 Å². The smallest absolute Gasteiger partial charge is 0.225 e. The van der Waals surface area contributed by atoms with Crippen LogP contribution in [0.4, 0.5) is 0 Å². The molecule has 1 atom stereocenters. The van der Waals surface area contributed by atoms with Crippen LogP contribution in [0.25, 0.3) is 0 Å². The first-order valence-electron chi connectivity index (χ1n) is 6.40. The molecule has 0 bridgehead atoms. The van der Waals surface area contributed by atoms with E-state index in [9.17, 15) is 9.59 Å². The molecule has 1 N–H and O–H groups in total. The zero-order chi connectivity index (χ0) is 13.8. The molecule has 1 aromatic rings. The number of nitrogens with zero attached hydrogens (tertiary/aromatic N) is 1. The first-order chi connectivity index (χ1) is 9.10. The van der Waals surface area contributed by atoms with E-state index in [0.29, 0.717) is 26.1 Å². The predicted molar refractivity (Wildman–Crippen MR) is 76.3 cm³/mol. The van der Waals surface area contributed by atoms with Crippen molar-refractivity contribution < 1.29 is 9.59 Å². The molecule has 1 aromatic carbocycles. The van der Waals surface area contributed by atoms with Crippen LogP contribution in [0.15, 0.2) is 28.7 Å². The fourth-order valence-electron chi connectivity index (χ4n) is 2.19. The average Bonchev–Trinajstić information content (AvgIpc) is 2.79. The zero-order valence-electron chi connectivity index (χ0n) is 10.9. The van der Waals surface area contributed by atoms with E-state index in [1.54, 1.807) is 4.90 Å². The minimum Gasteiger partial charge on any atom is -0.352 e. The summed E-state index contributed by atoms with van der Waals surface area (Å²) >= 11 is 3.37. The number of carbonyl (C=O) groups is 2. The summed E-state index contributed by atoms with van der Waals surface area (Å²) in [6, 6.07) is 7.81. The lowest BCUT2D eigenvalue weighted by atomic mass is 10.1. The van der Waals surface area contributed by atoms with E-state index >= 15 is 0 Å². The van der Waals surface area contributed by atoms with Gasteiger partial charge >= 0.3 is 0 Å². The molecule has 2 rings (SSSR count). The molecule has 0 radical (unpaired) electrons. The summed E-state index contributed by atoms with van der Waals surface area (Å²) in [5.74, 6) is -0.165. The molecule has 2 amide bonds. The number of benzene rings is 1. The first kappa shape index (κ1) is 14.1. The molecule has 0 aromatic heterocycles. The zero-order valence-corrected chi connectivity index (χ0v) is 12.4. The van der Waals surface area contributed by atoms with Crippen molar-refractivity contribution in [2.75, 3.05) is 13.1 Å². The molecule has 5 heteroatoms. The summed E-state index contributed by atoms with van der Waals surface area (Å²) in [7, 11) is 0. The maximum Gasteiger partial charge on any atom is 0.225 e. The molecule has 1 heterocycles. The van der Waals surface area contributed by atoms with Crippen LogP contribution in [0.5, 0.6) is 0 Å². The highest BCUT2D eigenvalue weighted by Gasteiger charge is 2.32. The van der Waals surface area contributed by atoms with Gasteiger partial charge < -0.3 is 10.2 Å². The van der Waals surface area contributed by atoms with Gasteiger partial charge in [0, 0.05) is 30.5 Å². The van der Waals surface area contributed by atoms with E-state index in [4.69, 9.17) is 0 Å². The monoisotopic (exact) mass is 324 g/mol. The van der Waals surface area contributed by atoms with Gasteiger partial charge in [0.15, 0.2) is 0 Å². The molecule has 4 nitrogen and oxygen atoms in total. The van der Waals surface area contributed by atoms with E-state index in [0.717, 1.165) is 10.0 Å². The Bertz CT molecular complexity index is 473. The standard InChI is InChI=1S/C14H17BrN2O2/c1-2-17-9-11(7-13(17)18)14(19)16-8-10-3-5-12(15)6-4-10/h3-6,11H,2,7-9H2,1H3,(H,16,19). The second-order valence-electron chi connectivity index (χ2n) is 4.68. The molecule has 1 aliphatic rings. The fourth-order valence-corrected chi connectivity index (χ4v) is 2.45. The highest BCUT2D eigenvalue weighted by Crippen LogP contribution is 2.17. The summed E-state index contributed by atoms with van der Waals surface area (Å²) in [4.78, 5) is 25.3. The predicted octanol–water partition coefficient (Wildman–Crippen LogP) is 1.93. The van der Waals surface area contributed by atoms with Gasteiger partial charge in [-0.1, -0.05) is 28.1 Å². The van der Waals surface area contributed by atoms with Crippen LogP contribution in [0.2, 0.25) is 0 Å². The van der Waals surface area contributed by atoms with E-state index in [1.807, 2.05) is 31.2 Å². The van der Waals surface area contributed by atoms with Crippen molar-refractivity contribution in [3.8, 4) is 0 Å². The number of hydrogen-bond acceptors (Lipinski definition) is 2. The number of halogens is 1. The van der Waals surface area contributed by atoms with E-state index < -0.39 is 0 Å². The molecule has 1 saturated heterocycles. The highest BCUT2D eigenvalue weighted by molar-refractivity contribution is 9.10. The maximum atomic E-state index is 12.0. The minimum atomic E-state index is -0.206. The minimum absolute atomic E-state index is 0.0350. The third-order valence-corrected chi connectivity index (χ3v) is 3.88. The molecule has 1 aliphatic heterocycles. The lowest BCUT2D eigenvalue weighted by molar-refractivity contribution is -0.128. The molecular weight excluding hydrogens is 308 g/mol. The first-order valence-corrected chi connectivity index (χ1v) is 7.19. The number of carbonyl (C=O) groups excluding carboxylic acids is 2. The van der Waals surface area contributed by atoms with Gasteiger partial charge in [-0.3, -0.25) is 9.59 Å². The van der Waals surface area contributed by atoms with Gasteiger partial charge in [-0.15, -0.1) is 0 Å². The Morgan fingerprint density at radius 2 is 2.11 bits per heavy atom. The summed E-state index contributed by atoms with van der Waals surface area (Å²) in [5.41, 5.74) is 1.05. The number of amides is 2. The molecule has 102 valence electrons. The Labute approximate surface area is 121 Å². The van der Waals surface area contributed by atoms with Crippen LogP contribution >= 0.6 is 15.9 Å². The Kier molecular flexibility index (Phi) is 4.58. The fraction of sp³-hybridized carbons (Fsp3) is 0.429. The Morgan fingerprint density at radius 1 is 1.42 bits per heavy atom. The van der Waals surface area contributed by atoms with Crippen molar-refractivity contribution in [2.45, 2.75) is 19.9 Å². The summed E-state index contributed by atoms with van der Waals surface area (Å²) in [6.45, 7) is 3.65. The third kappa shape index (κ3) is 3.56. The molecule has 0 aliphatic carbocycles. The Morgan fingerprint density at radius 3 is 2.68 bits per heavy atom. The van der Waals surface area contributed by atoms with Gasteiger partial charge in [-0.2, -0.15) is 0 Å². The molecule has 19 heavy (non-hydrogen) atoms. The van der Waals surface area contributed by atoms with Crippen LogP contribution < -0.4 is 5.32 Å². The van der Waals surface area contributed by atoms with E-state index in [1.165, 1.54) is 0 Å². The number of rotatable bonds is 4. The average molecular weight is 325 g/mol. The van der Waals surface area contributed by atoms with Crippen molar-refractivity contribution in [3.05, 3.63) is 34.3 Å². The molecule has 1 unspecified atom stereocenters. The van der Waals surface area contributed by atoms with Gasteiger partial charge in [0.25, 0.3) is 0 Å². The topological polar surface area (TPSA) is 49.4 Å². The van der Waals surface area contributed by atoms with Gasteiger partial charge in [-0.25, -0.2) is 0 Å². The van der Waals surface area contributed by atoms with Gasteiger partial charge in [-0.05, 0) is 24.6 Å². The van der Waals surface area contributed by atoms with Crippen LogP contribution in [0, 0.1) is 5.92 Å². The lowest BCUT2D eigenvalue weighted by Gasteiger charge is -2.13. The van der Waals surface area contributed by atoms with Crippen molar-refractivity contribution in [3.63, 3.8) is 0 Å². The Hall–Kier alpha value is -1.36. The van der Waals surface area contributed by atoms with Crippen molar-refractivity contribution in [1.29, 1.82) is 0 Å². The second-order valence-corrected chi connectivity index (χ2v) is 5.59. The molecule has 0 saturated carbocycles. The summed E-state index contributed by atoms with van der Waals surface area (Å²) in [5, 5.41) is 2.89. The molecule has 0 spiro atoms. The number of hydrogen-bond donors (Lipinski definition) is 1. The number of likely N-dealkylation sites (tertiary alicyclic amines) is 1. The lowest BCUT2D eigenvalue weighted by Crippen LogP contribution is -2.32. The van der Waals surface area contributed by atoms with Crippen LogP contribution in [-0.4, -0.2) is 29.8 Å². The summed E-state index contributed by atoms with van der Waals surface area (Å²) < 4.78 is 1.02. The van der Waals surface area contributed by atoms with Gasteiger partial charge in [0.1, 0.15) is 0 Å². The second kappa shape index (κ2) is 6.19. The summed E-state index contributed by atoms with van der Waals surface area (Å²) in [6.07, 6.45) is 0.333. The quantitative estimate of drug-likeness (QED) is 0.920. The van der Waals surface area contributed by atoms with Crippen molar-refractivity contribution in [1.82, 2.24) is 10.2 Å². The third-order valence-electron chi connectivity index (χ3n) is 3.35. The van der Waals surface area contributed by atoms with Crippen LogP contribution in [0.1, 0.15) is 18.9 Å². The highest BCUT2D eigenvalue weighted by atomic mass is 79.9. The normalized spacial score (nSPS) is 18.7. The van der Waals surface area contributed by atoms with Crippen LogP contribution in [-0.2, 0) is 16.1 Å². The number of nitrogens with one attached hydrogen (secondary N) is 1. The maximum absolute atomic E-state index is 12.0. The van der Waals surface area contributed by atoms with E-state index in [-0.39, 0.29) is 17.7 Å². The largest absolute Gasteiger partial charge is 0.352 e.